The van der Waals surface area contributed by atoms with Gasteiger partial charge < -0.3 is 18.9 Å². The van der Waals surface area contributed by atoms with Crippen molar-refractivity contribution in [2.24, 2.45) is 0 Å². The number of benzene rings is 2. The fourth-order valence-electron chi connectivity index (χ4n) is 3.45. The summed E-state index contributed by atoms with van der Waals surface area (Å²) in [6.45, 7) is 0. The summed E-state index contributed by atoms with van der Waals surface area (Å²) in [4.78, 5) is 26.4. The molecule has 0 bridgehead atoms. The smallest absolute Gasteiger partial charge is 0.355 e. The summed E-state index contributed by atoms with van der Waals surface area (Å²) in [5.74, 6) is -1.25. The fraction of sp³-hybridized carbons (Fsp3) is 0.0833. The van der Waals surface area contributed by atoms with E-state index in [1.807, 2.05) is 42.6 Å². The first-order valence-corrected chi connectivity index (χ1v) is 9.35. The number of esters is 2. The van der Waals surface area contributed by atoms with E-state index in [4.69, 9.17) is 9.47 Å². The lowest BCUT2D eigenvalue weighted by atomic mass is 10.1. The standard InChI is InChI=1S/C24H20N2O4/c1-29-23(27)20-8-5-6-15-26(22(20)24(28)30-2)19-12-10-18(11-13-19)25-16-14-17-7-3-4-9-21(17)25/h3-16H,1-2H3. The molecule has 0 saturated carbocycles. The first-order valence-electron chi connectivity index (χ1n) is 9.35. The Morgan fingerprint density at radius 3 is 2.23 bits per heavy atom. The second kappa shape index (κ2) is 8.13. The predicted octanol–water partition coefficient (Wildman–Crippen LogP) is 4.12. The summed E-state index contributed by atoms with van der Waals surface area (Å²) in [7, 11) is 2.55. The molecule has 0 fully saturated rings. The van der Waals surface area contributed by atoms with Gasteiger partial charge in [0.15, 0.2) is 0 Å². The Balaban J connectivity index is 1.77. The number of hydrogen-bond acceptors (Lipinski definition) is 5. The van der Waals surface area contributed by atoms with Gasteiger partial charge in [-0.2, -0.15) is 0 Å². The van der Waals surface area contributed by atoms with E-state index in [0.29, 0.717) is 5.69 Å². The molecule has 0 radical (unpaired) electrons. The van der Waals surface area contributed by atoms with Crippen molar-refractivity contribution in [2.75, 3.05) is 19.1 Å². The molecule has 0 saturated heterocycles. The average Bonchev–Trinajstić information content (AvgIpc) is 3.10. The largest absolute Gasteiger partial charge is 0.465 e. The number of ether oxygens (including phenoxy) is 2. The van der Waals surface area contributed by atoms with Crippen LogP contribution < -0.4 is 4.90 Å². The highest BCUT2D eigenvalue weighted by atomic mass is 16.5. The van der Waals surface area contributed by atoms with Crippen molar-refractivity contribution in [1.82, 2.24) is 4.57 Å². The van der Waals surface area contributed by atoms with E-state index in [1.54, 1.807) is 23.3 Å². The van der Waals surface area contributed by atoms with Crippen LogP contribution in [0.2, 0.25) is 0 Å². The highest BCUT2D eigenvalue weighted by molar-refractivity contribution is 6.05. The zero-order valence-corrected chi connectivity index (χ0v) is 16.6. The SMILES string of the molecule is COC(=O)C1=C(C(=O)OC)N(c2ccc(-n3ccc4ccccc43)cc2)C=CC=C1. The number of nitrogens with zero attached hydrogens (tertiary/aromatic N) is 2. The summed E-state index contributed by atoms with van der Waals surface area (Å²) >= 11 is 0. The van der Waals surface area contributed by atoms with Crippen LogP contribution in [0.4, 0.5) is 5.69 Å². The number of fused-ring (bicyclic) bond motifs is 1. The number of carbonyl (C=O) groups excluding carboxylic acids is 2. The van der Waals surface area contributed by atoms with Gasteiger partial charge in [-0.15, -0.1) is 0 Å². The molecule has 0 aliphatic carbocycles. The highest BCUT2D eigenvalue weighted by Gasteiger charge is 2.27. The molecule has 2 heterocycles. The highest BCUT2D eigenvalue weighted by Crippen LogP contribution is 2.28. The van der Waals surface area contributed by atoms with E-state index < -0.39 is 11.9 Å². The fourth-order valence-corrected chi connectivity index (χ4v) is 3.45. The van der Waals surface area contributed by atoms with Gasteiger partial charge in [-0.3, -0.25) is 0 Å². The van der Waals surface area contributed by atoms with Gasteiger partial charge in [0.25, 0.3) is 0 Å². The molecule has 0 spiro atoms. The summed E-state index contributed by atoms with van der Waals surface area (Å²) in [5, 5.41) is 1.15. The van der Waals surface area contributed by atoms with Crippen molar-refractivity contribution in [1.29, 1.82) is 0 Å². The van der Waals surface area contributed by atoms with Crippen LogP contribution in [0.25, 0.3) is 16.6 Å². The molecule has 150 valence electrons. The van der Waals surface area contributed by atoms with Gasteiger partial charge in [0.05, 0.1) is 25.3 Å². The molecule has 0 N–H and O–H groups in total. The first kappa shape index (κ1) is 19.3. The van der Waals surface area contributed by atoms with E-state index in [9.17, 15) is 9.59 Å². The van der Waals surface area contributed by atoms with E-state index >= 15 is 0 Å². The zero-order valence-electron chi connectivity index (χ0n) is 16.6. The van der Waals surface area contributed by atoms with Gasteiger partial charge in [0.2, 0.25) is 0 Å². The molecule has 0 unspecified atom stereocenters. The number of hydrogen-bond donors (Lipinski definition) is 0. The molecular formula is C24H20N2O4. The third kappa shape index (κ3) is 3.39. The second-order valence-electron chi connectivity index (χ2n) is 6.58. The Hall–Kier alpha value is -4.06. The molecular weight excluding hydrogens is 380 g/mol. The Labute approximate surface area is 173 Å². The number of aromatic nitrogens is 1. The van der Waals surface area contributed by atoms with Gasteiger partial charge in [-0.25, -0.2) is 9.59 Å². The van der Waals surface area contributed by atoms with Crippen LogP contribution in [0.5, 0.6) is 0 Å². The molecule has 0 amide bonds. The monoisotopic (exact) mass is 400 g/mol. The number of methoxy groups -OCH3 is 2. The van der Waals surface area contributed by atoms with Crippen molar-refractivity contribution in [3.05, 3.63) is 96.5 Å². The average molecular weight is 400 g/mol. The minimum Gasteiger partial charge on any atom is -0.465 e. The van der Waals surface area contributed by atoms with Crippen LogP contribution in [-0.4, -0.2) is 30.7 Å². The molecule has 6 nitrogen and oxygen atoms in total. The van der Waals surface area contributed by atoms with E-state index in [1.165, 1.54) is 20.3 Å². The maximum atomic E-state index is 12.5. The van der Waals surface area contributed by atoms with Gasteiger partial charge in [-0.05, 0) is 53.9 Å². The zero-order chi connectivity index (χ0) is 21.1. The van der Waals surface area contributed by atoms with Crippen LogP contribution in [0.3, 0.4) is 0 Å². The predicted molar refractivity (Wildman–Crippen MR) is 115 cm³/mol. The number of allylic oxidation sites excluding steroid dienone is 2. The molecule has 4 rings (SSSR count). The maximum absolute atomic E-state index is 12.5. The normalized spacial score (nSPS) is 13.5. The van der Waals surface area contributed by atoms with Crippen molar-refractivity contribution >= 4 is 28.5 Å². The number of rotatable bonds is 4. The number of anilines is 1. The van der Waals surface area contributed by atoms with Crippen LogP contribution in [-0.2, 0) is 19.1 Å². The summed E-state index contributed by atoms with van der Waals surface area (Å²) in [6, 6.07) is 17.9. The van der Waals surface area contributed by atoms with E-state index in [-0.39, 0.29) is 11.3 Å². The molecule has 1 aliphatic heterocycles. The Morgan fingerprint density at radius 2 is 1.50 bits per heavy atom. The van der Waals surface area contributed by atoms with Crippen molar-refractivity contribution in [2.45, 2.75) is 0 Å². The van der Waals surface area contributed by atoms with Crippen molar-refractivity contribution in [3.8, 4) is 5.69 Å². The summed E-state index contributed by atoms with van der Waals surface area (Å²) in [6.07, 6.45) is 8.68. The first-order chi connectivity index (χ1) is 14.6. The van der Waals surface area contributed by atoms with Crippen LogP contribution >= 0.6 is 0 Å². The molecule has 30 heavy (non-hydrogen) atoms. The van der Waals surface area contributed by atoms with Crippen molar-refractivity contribution < 1.29 is 19.1 Å². The lowest BCUT2D eigenvalue weighted by Gasteiger charge is -2.23. The summed E-state index contributed by atoms with van der Waals surface area (Å²) < 4.78 is 11.9. The molecule has 1 aliphatic rings. The third-order valence-electron chi connectivity index (χ3n) is 4.89. The van der Waals surface area contributed by atoms with Crippen molar-refractivity contribution in [3.63, 3.8) is 0 Å². The second-order valence-corrected chi connectivity index (χ2v) is 6.58. The van der Waals surface area contributed by atoms with Gasteiger partial charge in [0.1, 0.15) is 5.70 Å². The Morgan fingerprint density at radius 1 is 0.800 bits per heavy atom. The quantitative estimate of drug-likeness (QED) is 0.617. The van der Waals surface area contributed by atoms with Crippen LogP contribution in [0, 0.1) is 0 Å². The lowest BCUT2D eigenvalue weighted by molar-refractivity contribution is -0.139. The molecule has 0 atom stereocenters. The number of para-hydroxylation sites is 1. The number of carbonyl (C=O) groups is 2. The Bertz CT molecular complexity index is 1200. The molecule has 1 aromatic heterocycles. The molecule has 6 heteroatoms. The Kier molecular flexibility index (Phi) is 5.22. The van der Waals surface area contributed by atoms with Gasteiger partial charge >= 0.3 is 11.9 Å². The minimum absolute atomic E-state index is 0.0912. The van der Waals surface area contributed by atoms with Crippen LogP contribution in [0.15, 0.2) is 96.5 Å². The topological polar surface area (TPSA) is 60.8 Å². The molecule has 3 aromatic rings. The van der Waals surface area contributed by atoms with Gasteiger partial charge in [0, 0.05) is 23.8 Å². The van der Waals surface area contributed by atoms with Crippen LogP contribution in [0.1, 0.15) is 0 Å². The van der Waals surface area contributed by atoms with E-state index in [2.05, 4.69) is 22.8 Å². The van der Waals surface area contributed by atoms with E-state index in [0.717, 1.165) is 16.6 Å². The van der Waals surface area contributed by atoms with Gasteiger partial charge in [-0.1, -0.05) is 24.3 Å². The molecule has 2 aromatic carbocycles. The lowest BCUT2D eigenvalue weighted by Crippen LogP contribution is -2.26. The minimum atomic E-state index is -0.632. The third-order valence-corrected chi connectivity index (χ3v) is 4.89. The summed E-state index contributed by atoms with van der Waals surface area (Å²) in [5.41, 5.74) is 3.00. The maximum Gasteiger partial charge on any atom is 0.355 e.